The summed E-state index contributed by atoms with van der Waals surface area (Å²) >= 11 is 2.30. The Hall–Kier alpha value is -2.23. The van der Waals surface area contributed by atoms with Gasteiger partial charge in [-0.05, 0) is 80.7 Å². The second-order valence-corrected chi connectivity index (χ2v) is 10.3. The number of rotatable bonds is 4. The number of likely N-dealkylation sites (tertiary alicyclic amines) is 1. The molecular formula is C23H26IN5O2. The number of carbonyl (C=O) groups excluding carboxylic acids is 1. The van der Waals surface area contributed by atoms with Gasteiger partial charge in [0, 0.05) is 40.0 Å². The summed E-state index contributed by atoms with van der Waals surface area (Å²) in [5.41, 5.74) is 3.49. The van der Waals surface area contributed by atoms with Gasteiger partial charge in [-0.3, -0.25) is 9.78 Å². The van der Waals surface area contributed by atoms with Crippen molar-refractivity contribution in [2.24, 2.45) is 0 Å². The normalized spacial score (nSPS) is 18.4. The van der Waals surface area contributed by atoms with Crippen LogP contribution in [-0.4, -0.2) is 44.4 Å². The van der Waals surface area contributed by atoms with Crippen LogP contribution in [0.1, 0.15) is 65.9 Å². The summed E-state index contributed by atoms with van der Waals surface area (Å²) in [4.78, 5) is 28.9. The average Bonchev–Trinajstić information content (AvgIpc) is 3.36. The number of carbonyl (C=O) groups is 1. The van der Waals surface area contributed by atoms with E-state index in [1.54, 1.807) is 0 Å². The standard InChI is InChI=1S/C23H26IN5O2/c1-13-10-16(24)11-25-19(13)15-4-8-29(9-5-15)22(30)17-14(2)31-21-18(17)20(26-12-27-21)28-23(3)6-7-23/h10-12,15H,4-9H2,1-3H3,(H,26,27,28). The highest BCUT2D eigenvalue weighted by atomic mass is 127. The van der Waals surface area contributed by atoms with Crippen molar-refractivity contribution in [2.75, 3.05) is 18.4 Å². The highest BCUT2D eigenvalue weighted by molar-refractivity contribution is 14.1. The number of aromatic nitrogens is 3. The van der Waals surface area contributed by atoms with E-state index in [-0.39, 0.29) is 11.4 Å². The molecule has 1 amide bonds. The average molecular weight is 531 g/mol. The number of furan rings is 1. The van der Waals surface area contributed by atoms with Crippen LogP contribution >= 0.6 is 22.6 Å². The number of aryl methyl sites for hydroxylation is 2. The van der Waals surface area contributed by atoms with Crippen LogP contribution in [-0.2, 0) is 0 Å². The second-order valence-electron chi connectivity index (χ2n) is 9.04. The maximum atomic E-state index is 13.5. The molecule has 1 saturated heterocycles. The van der Waals surface area contributed by atoms with Gasteiger partial charge in [0.1, 0.15) is 17.9 Å². The lowest BCUT2D eigenvalue weighted by atomic mass is 9.90. The minimum Gasteiger partial charge on any atom is -0.442 e. The zero-order chi connectivity index (χ0) is 21.8. The highest BCUT2D eigenvalue weighted by Gasteiger charge is 2.39. The number of hydrogen-bond donors (Lipinski definition) is 1. The molecule has 0 radical (unpaired) electrons. The minimum atomic E-state index is 0.000733. The van der Waals surface area contributed by atoms with Gasteiger partial charge in [0.2, 0.25) is 5.71 Å². The van der Waals surface area contributed by atoms with E-state index < -0.39 is 0 Å². The van der Waals surface area contributed by atoms with E-state index in [1.807, 2.05) is 18.0 Å². The van der Waals surface area contributed by atoms with Crippen LogP contribution in [0.4, 0.5) is 5.82 Å². The van der Waals surface area contributed by atoms with Gasteiger partial charge < -0.3 is 14.6 Å². The smallest absolute Gasteiger partial charge is 0.258 e. The number of anilines is 1. The van der Waals surface area contributed by atoms with Crippen LogP contribution in [0.2, 0.25) is 0 Å². The fraction of sp³-hybridized carbons (Fsp3) is 0.478. The lowest BCUT2D eigenvalue weighted by Gasteiger charge is -2.32. The Balaban J connectivity index is 1.39. The van der Waals surface area contributed by atoms with Gasteiger partial charge in [-0.15, -0.1) is 0 Å². The van der Waals surface area contributed by atoms with Crippen LogP contribution in [0.25, 0.3) is 11.1 Å². The molecule has 0 bridgehead atoms. The number of halogens is 1. The summed E-state index contributed by atoms with van der Waals surface area (Å²) in [6.45, 7) is 7.54. The van der Waals surface area contributed by atoms with Gasteiger partial charge >= 0.3 is 0 Å². The van der Waals surface area contributed by atoms with E-state index in [1.165, 1.54) is 11.9 Å². The molecule has 3 aromatic heterocycles. The predicted molar refractivity (Wildman–Crippen MR) is 127 cm³/mol. The van der Waals surface area contributed by atoms with E-state index in [2.05, 4.69) is 62.8 Å². The van der Waals surface area contributed by atoms with Gasteiger partial charge in [0.05, 0.1) is 10.9 Å². The molecule has 2 fully saturated rings. The molecule has 1 aliphatic carbocycles. The number of nitrogens with zero attached hydrogens (tertiary/aromatic N) is 4. The molecule has 0 atom stereocenters. The molecule has 1 N–H and O–H groups in total. The van der Waals surface area contributed by atoms with Gasteiger partial charge in [0.15, 0.2) is 0 Å². The van der Waals surface area contributed by atoms with E-state index in [0.717, 1.165) is 34.9 Å². The summed E-state index contributed by atoms with van der Waals surface area (Å²) in [7, 11) is 0. The van der Waals surface area contributed by atoms with Crippen LogP contribution in [0.3, 0.4) is 0 Å². The Bertz CT molecular complexity index is 1160. The zero-order valence-electron chi connectivity index (χ0n) is 18.0. The lowest BCUT2D eigenvalue weighted by Crippen LogP contribution is -2.38. The SMILES string of the molecule is Cc1cc(I)cnc1C1CCN(C(=O)c2c(C)oc3ncnc(NC4(C)CC4)c23)CC1. The van der Waals surface area contributed by atoms with Crippen LogP contribution < -0.4 is 5.32 Å². The maximum absolute atomic E-state index is 13.5. The van der Waals surface area contributed by atoms with Crippen molar-refractivity contribution in [3.63, 3.8) is 0 Å². The van der Waals surface area contributed by atoms with E-state index in [4.69, 9.17) is 4.42 Å². The molecule has 162 valence electrons. The fourth-order valence-electron chi connectivity index (χ4n) is 4.49. The van der Waals surface area contributed by atoms with E-state index >= 15 is 0 Å². The van der Waals surface area contributed by atoms with Crippen molar-refractivity contribution in [3.8, 4) is 0 Å². The summed E-state index contributed by atoms with van der Waals surface area (Å²) in [5.74, 6) is 1.68. The Morgan fingerprint density at radius 3 is 2.65 bits per heavy atom. The molecule has 0 unspecified atom stereocenters. The molecule has 3 aromatic rings. The van der Waals surface area contributed by atoms with Crippen molar-refractivity contribution in [1.82, 2.24) is 19.9 Å². The molecule has 31 heavy (non-hydrogen) atoms. The van der Waals surface area contributed by atoms with Gasteiger partial charge in [-0.25, -0.2) is 9.97 Å². The largest absolute Gasteiger partial charge is 0.442 e. The van der Waals surface area contributed by atoms with Crippen molar-refractivity contribution in [2.45, 2.75) is 57.9 Å². The number of pyridine rings is 1. The van der Waals surface area contributed by atoms with Crippen molar-refractivity contribution >= 4 is 45.4 Å². The second kappa shape index (κ2) is 7.72. The monoisotopic (exact) mass is 531 g/mol. The zero-order valence-corrected chi connectivity index (χ0v) is 20.2. The molecule has 5 rings (SSSR count). The number of piperidine rings is 1. The van der Waals surface area contributed by atoms with Crippen molar-refractivity contribution in [3.05, 3.63) is 44.7 Å². The van der Waals surface area contributed by atoms with E-state index in [9.17, 15) is 4.79 Å². The molecule has 4 heterocycles. The Labute approximate surface area is 195 Å². The first kappa shape index (κ1) is 20.7. The molecular weight excluding hydrogens is 505 g/mol. The third-order valence-electron chi connectivity index (χ3n) is 6.55. The Morgan fingerprint density at radius 2 is 1.97 bits per heavy atom. The third-order valence-corrected chi connectivity index (χ3v) is 7.14. The highest BCUT2D eigenvalue weighted by Crippen LogP contribution is 2.40. The van der Waals surface area contributed by atoms with Crippen molar-refractivity contribution < 1.29 is 9.21 Å². The number of fused-ring (bicyclic) bond motifs is 1. The first-order chi connectivity index (χ1) is 14.8. The summed E-state index contributed by atoms with van der Waals surface area (Å²) < 4.78 is 7.01. The van der Waals surface area contributed by atoms with Crippen LogP contribution in [0.5, 0.6) is 0 Å². The Kier molecular flexibility index (Phi) is 5.15. The third kappa shape index (κ3) is 3.90. The maximum Gasteiger partial charge on any atom is 0.258 e. The van der Waals surface area contributed by atoms with Gasteiger partial charge in [-0.1, -0.05) is 0 Å². The lowest BCUT2D eigenvalue weighted by molar-refractivity contribution is 0.0712. The van der Waals surface area contributed by atoms with E-state index in [0.29, 0.717) is 47.2 Å². The molecule has 7 nitrogen and oxygen atoms in total. The van der Waals surface area contributed by atoms with Crippen molar-refractivity contribution in [1.29, 1.82) is 0 Å². The first-order valence-corrected chi connectivity index (χ1v) is 11.9. The van der Waals surface area contributed by atoms with Gasteiger partial charge in [0.25, 0.3) is 5.91 Å². The summed E-state index contributed by atoms with van der Waals surface area (Å²) in [6, 6.07) is 2.18. The molecule has 1 aliphatic heterocycles. The van der Waals surface area contributed by atoms with Crippen LogP contribution in [0.15, 0.2) is 23.0 Å². The Morgan fingerprint density at radius 1 is 1.23 bits per heavy atom. The molecule has 8 heteroatoms. The van der Waals surface area contributed by atoms with Gasteiger partial charge in [-0.2, -0.15) is 0 Å². The molecule has 0 spiro atoms. The first-order valence-electron chi connectivity index (χ1n) is 10.8. The number of nitrogens with one attached hydrogen (secondary N) is 1. The minimum absolute atomic E-state index is 0.000733. The molecule has 2 aliphatic rings. The number of amides is 1. The summed E-state index contributed by atoms with van der Waals surface area (Å²) in [6.07, 6.45) is 7.44. The van der Waals surface area contributed by atoms with Crippen LogP contribution in [0, 0.1) is 17.4 Å². The molecule has 1 saturated carbocycles. The molecule has 0 aromatic carbocycles. The number of hydrogen-bond acceptors (Lipinski definition) is 6. The predicted octanol–water partition coefficient (Wildman–Crippen LogP) is 4.82. The quantitative estimate of drug-likeness (QED) is 0.486. The summed E-state index contributed by atoms with van der Waals surface area (Å²) in [5, 5.41) is 4.20. The topological polar surface area (TPSA) is 84.2 Å². The fourth-order valence-corrected chi connectivity index (χ4v) is 5.09.